The summed E-state index contributed by atoms with van der Waals surface area (Å²) in [6, 6.07) is 18.5. The van der Waals surface area contributed by atoms with Crippen LogP contribution in [0.25, 0.3) is 21.5 Å². The molecule has 0 aliphatic heterocycles. The molecule has 106 valence electrons. The van der Waals surface area contributed by atoms with E-state index in [1.807, 2.05) is 24.3 Å². The van der Waals surface area contributed by atoms with E-state index in [0.717, 1.165) is 27.1 Å². The van der Waals surface area contributed by atoms with Crippen LogP contribution in [0.2, 0.25) is 0 Å². The van der Waals surface area contributed by atoms with Crippen LogP contribution in [0.15, 0.2) is 54.6 Å². The zero-order valence-corrected chi connectivity index (χ0v) is 13.3. The van der Waals surface area contributed by atoms with Gasteiger partial charge < -0.3 is 4.74 Å². The molecule has 0 radical (unpaired) electrons. The normalized spacial score (nSPS) is 12.5. The summed E-state index contributed by atoms with van der Waals surface area (Å²) in [7, 11) is 0. The second-order valence-electron chi connectivity index (χ2n) is 5.02. The zero-order chi connectivity index (χ0) is 14.8. The SMILES string of the molecule is CC(Br)C(=O)OCc1c2ccccc2cc2ccccc12. The third-order valence-electron chi connectivity index (χ3n) is 3.57. The van der Waals surface area contributed by atoms with Crippen molar-refractivity contribution in [1.29, 1.82) is 0 Å². The Bertz CT molecular complexity index is 755. The third-order valence-corrected chi connectivity index (χ3v) is 3.94. The summed E-state index contributed by atoms with van der Waals surface area (Å²) in [6.45, 7) is 2.06. The number of carbonyl (C=O) groups excluding carboxylic acids is 1. The zero-order valence-electron chi connectivity index (χ0n) is 11.7. The van der Waals surface area contributed by atoms with Gasteiger partial charge in [-0.25, -0.2) is 0 Å². The maximum Gasteiger partial charge on any atom is 0.319 e. The van der Waals surface area contributed by atoms with Crippen molar-refractivity contribution < 1.29 is 9.53 Å². The summed E-state index contributed by atoms with van der Waals surface area (Å²) in [5, 5.41) is 4.58. The topological polar surface area (TPSA) is 26.3 Å². The predicted molar refractivity (Wildman–Crippen MR) is 89.6 cm³/mol. The lowest BCUT2D eigenvalue weighted by molar-refractivity contribution is -0.143. The molecule has 0 fully saturated rings. The van der Waals surface area contributed by atoms with Crippen LogP contribution in [0.4, 0.5) is 0 Å². The number of alkyl halides is 1. The van der Waals surface area contributed by atoms with Gasteiger partial charge in [-0.1, -0.05) is 64.5 Å². The number of rotatable bonds is 3. The van der Waals surface area contributed by atoms with Crippen LogP contribution >= 0.6 is 15.9 Å². The van der Waals surface area contributed by atoms with E-state index >= 15 is 0 Å². The number of benzene rings is 3. The fourth-order valence-corrected chi connectivity index (χ4v) is 2.65. The number of ether oxygens (including phenoxy) is 1. The number of carbonyl (C=O) groups is 1. The van der Waals surface area contributed by atoms with E-state index in [0.29, 0.717) is 0 Å². The molecule has 0 saturated carbocycles. The van der Waals surface area contributed by atoms with Gasteiger partial charge in [0, 0.05) is 5.56 Å². The van der Waals surface area contributed by atoms with Gasteiger partial charge in [0.05, 0.1) is 0 Å². The predicted octanol–water partition coefficient (Wildman–Crippen LogP) is 4.82. The van der Waals surface area contributed by atoms with E-state index in [1.54, 1.807) is 6.92 Å². The molecule has 0 aromatic heterocycles. The minimum Gasteiger partial charge on any atom is -0.460 e. The summed E-state index contributed by atoms with van der Waals surface area (Å²) in [4.78, 5) is 11.4. The maximum atomic E-state index is 11.7. The van der Waals surface area contributed by atoms with Gasteiger partial charge in [-0.15, -0.1) is 0 Å². The molecular formula is C18H15BrO2. The molecule has 21 heavy (non-hydrogen) atoms. The second kappa shape index (κ2) is 5.86. The molecule has 0 aliphatic carbocycles. The Kier molecular flexibility index (Phi) is 3.93. The molecule has 2 nitrogen and oxygen atoms in total. The van der Waals surface area contributed by atoms with Gasteiger partial charge in [0.25, 0.3) is 0 Å². The Morgan fingerprint density at radius 2 is 1.57 bits per heavy atom. The lowest BCUT2D eigenvalue weighted by atomic mass is 9.97. The molecule has 3 rings (SSSR count). The summed E-state index contributed by atoms with van der Waals surface area (Å²) < 4.78 is 5.42. The van der Waals surface area contributed by atoms with Gasteiger partial charge in [-0.05, 0) is 34.5 Å². The number of fused-ring (bicyclic) bond motifs is 2. The molecule has 0 saturated heterocycles. The van der Waals surface area contributed by atoms with Crippen molar-refractivity contribution in [2.75, 3.05) is 0 Å². The highest BCUT2D eigenvalue weighted by molar-refractivity contribution is 9.10. The first kappa shape index (κ1) is 14.1. The summed E-state index contributed by atoms with van der Waals surface area (Å²) in [5.74, 6) is -0.244. The first-order chi connectivity index (χ1) is 10.2. The van der Waals surface area contributed by atoms with Crippen LogP contribution in [-0.2, 0) is 16.1 Å². The van der Waals surface area contributed by atoms with Gasteiger partial charge in [0.1, 0.15) is 11.4 Å². The Balaban J connectivity index is 2.14. The highest BCUT2D eigenvalue weighted by Crippen LogP contribution is 2.29. The molecular weight excluding hydrogens is 328 g/mol. The van der Waals surface area contributed by atoms with Crippen LogP contribution in [0.5, 0.6) is 0 Å². The van der Waals surface area contributed by atoms with E-state index < -0.39 is 0 Å². The molecule has 0 spiro atoms. The fraction of sp³-hybridized carbons (Fsp3) is 0.167. The van der Waals surface area contributed by atoms with Crippen LogP contribution in [-0.4, -0.2) is 10.8 Å². The van der Waals surface area contributed by atoms with Crippen molar-refractivity contribution in [2.24, 2.45) is 0 Å². The Hall–Kier alpha value is -1.87. The van der Waals surface area contributed by atoms with Crippen LogP contribution in [0.1, 0.15) is 12.5 Å². The van der Waals surface area contributed by atoms with Crippen LogP contribution in [0, 0.1) is 0 Å². The Morgan fingerprint density at radius 3 is 2.10 bits per heavy atom. The molecule has 0 bridgehead atoms. The van der Waals surface area contributed by atoms with Gasteiger partial charge >= 0.3 is 5.97 Å². The Labute approximate surface area is 131 Å². The summed E-state index contributed by atoms with van der Waals surface area (Å²) >= 11 is 3.24. The largest absolute Gasteiger partial charge is 0.460 e. The molecule has 0 N–H and O–H groups in total. The number of halogens is 1. The van der Waals surface area contributed by atoms with E-state index in [4.69, 9.17) is 4.74 Å². The van der Waals surface area contributed by atoms with Crippen LogP contribution in [0.3, 0.4) is 0 Å². The molecule has 0 heterocycles. The second-order valence-corrected chi connectivity index (χ2v) is 6.39. The van der Waals surface area contributed by atoms with Crippen molar-refractivity contribution in [1.82, 2.24) is 0 Å². The first-order valence-corrected chi connectivity index (χ1v) is 7.78. The summed E-state index contributed by atoms with van der Waals surface area (Å²) in [5.41, 5.74) is 1.06. The smallest absolute Gasteiger partial charge is 0.319 e. The van der Waals surface area contributed by atoms with Gasteiger partial charge in [-0.2, -0.15) is 0 Å². The lowest BCUT2D eigenvalue weighted by Crippen LogP contribution is -2.13. The average molecular weight is 343 g/mol. The maximum absolute atomic E-state index is 11.7. The minimum absolute atomic E-state index is 0.244. The fourth-order valence-electron chi connectivity index (χ4n) is 2.52. The highest BCUT2D eigenvalue weighted by Gasteiger charge is 2.13. The number of hydrogen-bond acceptors (Lipinski definition) is 2. The third kappa shape index (κ3) is 2.79. The van der Waals surface area contributed by atoms with E-state index in [-0.39, 0.29) is 17.4 Å². The highest BCUT2D eigenvalue weighted by atomic mass is 79.9. The van der Waals surface area contributed by atoms with Gasteiger partial charge in [0.15, 0.2) is 0 Å². The molecule has 0 aliphatic rings. The van der Waals surface area contributed by atoms with E-state index in [1.165, 1.54) is 0 Å². The number of hydrogen-bond donors (Lipinski definition) is 0. The molecule has 0 amide bonds. The van der Waals surface area contributed by atoms with Crippen molar-refractivity contribution in [3.05, 3.63) is 60.2 Å². The van der Waals surface area contributed by atoms with E-state index in [9.17, 15) is 4.79 Å². The summed E-state index contributed by atoms with van der Waals surface area (Å²) in [6.07, 6.45) is 0. The van der Waals surface area contributed by atoms with E-state index in [2.05, 4.69) is 46.3 Å². The standard InChI is InChI=1S/C18H15BrO2/c1-12(19)18(20)21-11-17-15-8-4-2-6-13(15)10-14-7-3-5-9-16(14)17/h2-10,12H,11H2,1H3. The lowest BCUT2D eigenvalue weighted by Gasteiger charge is -2.12. The minimum atomic E-state index is -0.293. The molecule has 1 unspecified atom stereocenters. The van der Waals surface area contributed by atoms with Crippen molar-refractivity contribution >= 4 is 43.4 Å². The van der Waals surface area contributed by atoms with Crippen molar-refractivity contribution in [3.63, 3.8) is 0 Å². The first-order valence-electron chi connectivity index (χ1n) is 6.87. The molecule has 3 heteroatoms. The van der Waals surface area contributed by atoms with Crippen molar-refractivity contribution in [2.45, 2.75) is 18.4 Å². The van der Waals surface area contributed by atoms with Gasteiger partial charge in [0.2, 0.25) is 0 Å². The average Bonchev–Trinajstić information content (AvgIpc) is 2.51. The molecule has 3 aromatic rings. The molecule has 1 atom stereocenters. The van der Waals surface area contributed by atoms with Gasteiger partial charge in [-0.3, -0.25) is 4.79 Å². The number of esters is 1. The quantitative estimate of drug-likeness (QED) is 0.387. The van der Waals surface area contributed by atoms with Crippen molar-refractivity contribution in [3.8, 4) is 0 Å². The molecule has 3 aromatic carbocycles. The Morgan fingerprint density at radius 1 is 1.05 bits per heavy atom. The monoisotopic (exact) mass is 342 g/mol. The van der Waals surface area contributed by atoms with Crippen LogP contribution < -0.4 is 0 Å².